The van der Waals surface area contributed by atoms with E-state index < -0.39 is 0 Å². The number of carbonyl (C=O) groups excluding carboxylic acids is 1. The van der Waals surface area contributed by atoms with Crippen molar-refractivity contribution in [1.82, 2.24) is 0 Å². The largest absolute Gasteiger partial charge is 0.489 e. The number of hydrogen-bond acceptors (Lipinski definition) is 2. The molecular weight excluding hydrogens is 248 g/mol. The van der Waals surface area contributed by atoms with Crippen molar-refractivity contribution in [2.24, 2.45) is 0 Å². The van der Waals surface area contributed by atoms with Crippen molar-refractivity contribution in [3.63, 3.8) is 0 Å². The van der Waals surface area contributed by atoms with Crippen LogP contribution < -0.4 is 4.74 Å². The van der Waals surface area contributed by atoms with Crippen LogP contribution in [0.3, 0.4) is 0 Å². The molecule has 0 amide bonds. The number of ether oxygens (including phenoxy) is 1. The van der Waals surface area contributed by atoms with Gasteiger partial charge in [0.15, 0.2) is 5.78 Å². The summed E-state index contributed by atoms with van der Waals surface area (Å²) in [5, 5.41) is 0. The van der Waals surface area contributed by atoms with Crippen LogP contribution in [-0.2, 0) is 6.61 Å². The van der Waals surface area contributed by atoms with E-state index in [1.165, 1.54) is 11.1 Å². The van der Waals surface area contributed by atoms with Crippen molar-refractivity contribution in [2.75, 3.05) is 0 Å². The molecule has 0 aromatic heterocycles. The Hall–Kier alpha value is -2.09. The topological polar surface area (TPSA) is 26.3 Å². The predicted molar refractivity (Wildman–Crippen MR) is 81.3 cm³/mol. The fourth-order valence-corrected chi connectivity index (χ4v) is 2.26. The van der Waals surface area contributed by atoms with Crippen molar-refractivity contribution >= 4 is 5.78 Å². The molecule has 2 aromatic rings. The van der Waals surface area contributed by atoms with E-state index in [2.05, 4.69) is 32.0 Å². The van der Waals surface area contributed by atoms with Crippen molar-refractivity contribution in [2.45, 2.75) is 33.8 Å². The highest BCUT2D eigenvalue weighted by Gasteiger charge is 2.03. The number of carbonyl (C=O) groups is 1. The molecule has 0 bridgehead atoms. The fourth-order valence-electron chi connectivity index (χ4n) is 2.26. The Labute approximate surface area is 120 Å². The van der Waals surface area contributed by atoms with Crippen LogP contribution in [0.2, 0.25) is 0 Å². The Morgan fingerprint density at radius 3 is 2.15 bits per heavy atom. The minimum absolute atomic E-state index is 0.158. The van der Waals surface area contributed by atoms with Crippen LogP contribution >= 0.6 is 0 Å². The monoisotopic (exact) mass is 268 g/mol. The minimum Gasteiger partial charge on any atom is -0.489 e. The second-order valence-electron chi connectivity index (χ2n) is 5.09. The van der Waals surface area contributed by atoms with Gasteiger partial charge in [-0.2, -0.15) is 0 Å². The standard InChI is InChI=1S/C18H20O2/c1-4-18(19)16-5-7-17(8-6-16)20-12-15-10-13(2)9-14(3)11-15/h5-11H,4,12H2,1-3H3. The summed E-state index contributed by atoms with van der Waals surface area (Å²) in [4.78, 5) is 11.5. The van der Waals surface area contributed by atoms with Gasteiger partial charge in [0, 0.05) is 12.0 Å². The number of aryl methyl sites for hydroxylation is 2. The summed E-state index contributed by atoms with van der Waals surface area (Å²) in [6, 6.07) is 13.8. The van der Waals surface area contributed by atoms with Crippen molar-refractivity contribution in [1.29, 1.82) is 0 Å². The number of ketones is 1. The van der Waals surface area contributed by atoms with E-state index in [1.807, 2.05) is 31.2 Å². The minimum atomic E-state index is 0.158. The lowest BCUT2D eigenvalue weighted by Gasteiger charge is -2.08. The molecule has 2 aromatic carbocycles. The van der Waals surface area contributed by atoms with Gasteiger partial charge in [-0.05, 0) is 43.7 Å². The molecule has 0 spiro atoms. The molecule has 0 heterocycles. The number of Topliss-reactive ketones (excluding diaryl/α,β-unsaturated/α-hetero) is 1. The van der Waals surface area contributed by atoms with E-state index in [0.29, 0.717) is 13.0 Å². The molecule has 0 aliphatic rings. The Morgan fingerprint density at radius 2 is 1.60 bits per heavy atom. The van der Waals surface area contributed by atoms with Crippen LogP contribution in [0, 0.1) is 13.8 Å². The molecular formula is C18H20O2. The zero-order valence-electron chi connectivity index (χ0n) is 12.3. The Balaban J connectivity index is 2.02. The van der Waals surface area contributed by atoms with E-state index in [9.17, 15) is 4.79 Å². The maximum Gasteiger partial charge on any atom is 0.162 e. The van der Waals surface area contributed by atoms with Crippen LogP contribution in [0.25, 0.3) is 0 Å². The molecule has 2 heteroatoms. The Bertz CT molecular complexity index is 577. The third-order valence-electron chi connectivity index (χ3n) is 3.18. The molecule has 0 aliphatic carbocycles. The average molecular weight is 268 g/mol. The summed E-state index contributed by atoms with van der Waals surface area (Å²) >= 11 is 0. The zero-order chi connectivity index (χ0) is 14.5. The van der Waals surface area contributed by atoms with Gasteiger partial charge in [-0.3, -0.25) is 4.79 Å². The first kappa shape index (κ1) is 14.3. The lowest BCUT2D eigenvalue weighted by atomic mass is 10.1. The van der Waals surface area contributed by atoms with Crippen molar-refractivity contribution in [3.8, 4) is 5.75 Å². The van der Waals surface area contributed by atoms with E-state index in [4.69, 9.17) is 4.74 Å². The summed E-state index contributed by atoms with van der Waals surface area (Å²) in [5.74, 6) is 0.947. The SMILES string of the molecule is CCC(=O)c1ccc(OCc2cc(C)cc(C)c2)cc1. The summed E-state index contributed by atoms with van der Waals surface area (Å²) in [6.07, 6.45) is 0.531. The highest BCUT2D eigenvalue weighted by Crippen LogP contribution is 2.16. The van der Waals surface area contributed by atoms with Gasteiger partial charge in [0.25, 0.3) is 0 Å². The molecule has 0 radical (unpaired) electrons. The molecule has 0 unspecified atom stereocenters. The van der Waals surface area contributed by atoms with E-state index >= 15 is 0 Å². The van der Waals surface area contributed by atoms with Gasteiger partial charge < -0.3 is 4.74 Å². The van der Waals surface area contributed by atoms with Crippen LogP contribution in [0.4, 0.5) is 0 Å². The van der Waals surface area contributed by atoms with Crippen LogP contribution in [-0.4, -0.2) is 5.78 Å². The maximum atomic E-state index is 11.5. The molecule has 0 saturated carbocycles. The molecule has 0 aliphatic heterocycles. The summed E-state index contributed by atoms with van der Waals surface area (Å²) in [5.41, 5.74) is 4.39. The third kappa shape index (κ3) is 3.70. The number of rotatable bonds is 5. The van der Waals surface area contributed by atoms with Gasteiger partial charge >= 0.3 is 0 Å². The average Bonchev–Trinajstić information content (AvgIpc) is 2.44. The van der Waals surface area contributed by atoms with Crippen LogP contribution in [0.1, 0.15) is 40.4 Å². The molecule has 0 N–H and O–H groups in total. The van der Waals surface area contributed by atoms with Gasteiger partial charge in [-0.25, -0.2) is 0 Å². The zero-order valence-corrected chi connectivity index (χ0v) is 12.3. The Kier molecular flexibility index (Phi) is 4.57. The first-order valence-electron chi connectivity index (χ1n) is 6.91. The van der Waals surface area contributed by atoms with Gasteiger partial charge in [0.05, 0.1) is 0 Å². The van der Waals surface area contributed by atoms with Crippen LogP contribution in [0.5, 0.6) is 5.75 Å². The lowest BCUT2D eigenvalue weighted by Crippen LogP contribution is -1.98. The second kappa shape index (κ2) is 6.38. The summed E-state index contributed by atoms with van der Waals surface area (Å²) in [7, 11) is 0. The Morgan fingerprint density at radius 1 is 1.00 bits per heavy atom. The molecule has 2 nitrogen and oxygen atoms in total. The van der Waals surface area contributed by atoms with E-state index in [-0.39, 0.29) is 5.78 Å². The molecule has 0 fully saturated rings. The molecule has 20 heavy (non-hydrogen) atoms. The van der Waals surface area contributed by atoms with Gasteiger partial charge in [-0.1, -0.05) is 36.2 Å². The van der Waals surface area contributed by atoms with Crippen molar-refractivity contribution in [3.05, 3.63) is 64.7 Å². The predicted octanol–water partition coefficient (Wildman–Crippen LogP) is 4.48. The highest BCUT2D eigenvalue weighted by molar-refractivity contribution is 5.95. The fraction of sp³-hybridized carbons (Fsp3) is 0.278. The second-order valence-corrected chi connectivity index (χ2v) is 5.09. The first-order chi connectivity index (χ1) is 9.58. The molecule has 104 valence electrons. The summed E-state index contributed by atoms with van der Waals surface area (Å²) in [6.45, 7) is 6.58. The lowest BCUT2D eigenvalue weighted by molar-refractivity contribution is 0.0988. The van der Waals surface area contributed by atoms with Crippen LogP contribution in [0.15, 0.2) is 42.5 Å². The highest BCUT2D eigenvalue weighted by atomic mass is 16.5. The molecule has 0 atom stereocenters. The molecule has 0 saturated heterocycles. The van der Waals surface area contributed by atoms with Crippen molar-refractivity contribution < 1.29 is 9.53 Å². The number of benzene rings is 2. The first-order valence-corrected chi connectivity index (χ1v) is 6.91. The third-order valence-corrected chi connectivity index (χ3v) is 3.18. The van der Waals surface area contributed by atoms with Gasteiger partial charge in [-0.15, -0.1) is 0 Å². The smallest absolute Gasteiger partial charge is 0.162 e. The van der Waals surface area contributed by atoms with Gasteiger partial charge in [0.2, 0.25) is 0 Å². The maximum absolute atomic E-state index is 11.5. The summed E-state index contributed by atoms with van der Waals surface area (Å²) < 4.78 is 5.76. The molecule has 2 rings (SSSR count). The van der Waals surface area contributed by atoms with E-state index in [1.54, 1.807) is 0 Å². The van der Waals surface area contributed by atoms with E-state index in [0.717, 1.165) is 16.9 Å². The normalized spacial score (nSPS) is 10.3. The van der Waals surface area contributed by atoms with Gasteiger partial charge in [0.1, 0.15) is 12.4 Å². The quantitative estimate of drug-likeness (QED) is 0.748. The number of hydrogen-bond donors (Lipinski definition) is 0.